The molecule has 5 heteroatoms. The number of fused-ring (bicyclic) bond motifs is 1. The van der Waals surface area contributed by atoms with E-state index in [1.165, 1.54) is 10.7 Å². The number of nitrogens with zero attached hydrogens (tertiary/aromatic N) is 2. The van der Waals surface area contributed by atoms with Gasteiger partial charge in [0, 0.05) is 11.5 Å². The number of hydrogen-bond acceptors (Lipinski definition) is 3. The van der Waals surface area contributed by atoms with Gasteiger partial charge < -0.3 is 10.2 Å². The van der Waals surface area contributed by atoms with Crippen LogP contribution in [0.15, 0.2) is 18.2 Å². The lowest BCUT2D eigenvalue weighted by molar-refractivity contribution is -0.137. The zero-order valence-corrected chi connectivity index (χ0v) is 8.14. The fraction of sp³-hybridized carbons (Fsp3) is 0.200. The Morgan fingerprint density at radius 3 is 2.93 bits per heavy atom. The van der Waals surface area contributed by atoms with Crippen molar-refractivity contribution in [2.75, 3.05) is 0 Å². The first-order chi connectivity index (χ1) is 7.08. The minimum Gasteiger partial charge on any atom is -0.508 e. The third-order valence-electron chi connectivity index (χ3n) is 2.20. The van der Waals surface area contributed by atoms with E-state index in [-0.39, 0.29) is 12.3 Å². The Kier molecular flexibility index (Phi) is 2.07. The Bertz CT molecular complexity index is 531. The predicted octanol–water partition coefficient (Wildman–Crippen LogP) is 1.13. The molecule has 0 aliphatic rings. The smallest absolute Gasteiger partial charge is 0.325 e. The van der Waals surface area contributed by atoms with Crippen molar-refractivity contribution in [3.63, 3.8) is 0 Å². The maximum atomic E-state index is 10.6. The van der Waals surface area contributed by atoms with Crippen molar-refractivity contribution in [1.29, 1.82) is 0 Å². The molecular formula is C10H10N2O3. The molecule has 0 saturated heterocycles. The molecule has 0 aliphatic carbocycles. The molecule has 0 radical (unpaired) electrons. The van der Waals surface area contributed by atoms with Gasteiger partial charge in [-0.25, -0.2) is 0 Å². The Balaban J connectivity index is 2.64. The van der Waals surface area contributed by atoms with Crippen LogP contribution in [0.5, 0.6) is 5.75 Å². The first-order valence-electron chi connectivity index (χ1n) is 4.46. The molecule has 0 fully saturated rings. The number of hydrogen-bond donors (Lipinski definition) is 2. The van der Waals surface area contributed by atoms with Crippen molar-refractivity contribution < 1.29 is 15.0 Å². The highest BCUT2D eigenvalue weighted by molar-refractivity contribution is 5.84. The van der Waals surface area contributed by atoms with Gasteiger partial charge in [-0.15, -0.1) is 0 Å². The van der Waals surface area contributed by atoms with Gasteiger partial charge in [-0.1, -0.05) is 0 Å². The van der Waals surface area contributed by atoms with Gasteiger partial charge in [-0.05, 0) is 19.1 Å². The number of aromatic hydroxyl groups is 1. The molecule has 5 nitrogen and oxygen atoms in total. The fourth-order valence-corrected chi connectivity index (χ4v) is 1.58. The Labute approximate surface area is 85.6 Å². The number of rotatable bonds is 2. The van der Waals surface area contributed by atoms with Crippen molar-refractivity contribution >= 4 is 16.9 Å². The maximum Gasteiger partial charge on any atom is 0.325 e. The highest BCUT2D eigenvalue weighted by Gasteiger charge is 2.09. The summed E-state index contributed by atoms with van der Waals surface area (Å²) in [7, 11) is 0. The predicted molar refractivity (Wildman–Crippen MR) is 53.8 cm³/mol. The summed E-state index contributed by atoms with van der Waals surface area (Å²) in [6.07, 6.45) is 0. The highest BCUT2D eigenvalue weighted by Crippen LogP contribution is 2.22. The third kappa shape index (κ3) is 1.63. The monoisotopic (exact) mass is 206 g/mol. The second-order valence-electron chi connectivity index (χ2n) is 3.34. The number of phenolic OH excluding ortho intramolecular Hbond substituents is 1. The summed E-state index contributed by atoms with van der Waals surface area (Å²) >= 11 is 0. The van der Waals surface area contributed by atoms with E-state index < -0.39 is 5.97 Å². The first kappa shape index (κ1) is 9.51. The lowest BCUT2D eigenvalue weighted by atomic mass is 10.2. The second kappa shape index (κ2) is 3.27. The van der Waals surface area contributed by atoms with Crippen LogP contribution in [0.25, 0.3) is 10.9 Å². The Morgan fingerprint density at radius 2 is 2.27 bits per heavy atom. The van der Waals surface area contributed by atoms with Crippen molar-refractivity contribution in [3.05, 3.63) is 23.9 Å². The number of aliphatic carboxylic acids is 1. The Morgan fingerprint density at radius 1 is 1.53 bits per heavy atom. The molecular weight excluding hydrogens is 196 g/mol. The van der Waals surface area contributed by atoms with Crippen LogP contribution in [-0.4, -0.2) is 26.0 Å². The summed E-state index contributed by atoms with van der Waals surface area (Å²) in [5.41, 5.74) is 1.39. The molecule has 0 saturated carbocycles. The van der Waals surface area contributed by atoms with Gasteiger partial charge in [0.15, 0.2) is 0 Å². The summed E-state index contributed by atoms with van der Waals surface area (Å²) in [6, 6.07) is 4.80. The molecule has 0 spiro atoms. The van der Waals surface area contributed by atoms with Crippen molar-refractivity contribution in [2.24, 2.45) is 0 Å². The fourth-order valence-electron chi connectivity index (χ4n) is 1.58. The minimum atomic E-state index is -0.956. The van der Waals surface area contributed by atoms with E-state index in [4.69, 9.17) is 5.11 Å². The molecule has 1 aromatic carbocycles. The van der Waals surface area contributed by atoms with Crippen LogP contribution in [0, 0.1) is 6.92 Å². The average molecular weight is 206 g/mol. The summed E-state index contributed by atoms with van der Waals surface area (Å²) in [5.74, 6) is -0.850. The van der Waals surface area contributed by atoms with Gasteiger partial charge in [0.1, 0.15) is 12.3 Å². The number of phenols is 1. The number of aromatic nitrogens is 2. The summed E-state index contributed by atoms with van der Waals surface area (Å²) < 4.78 is 1.37. The highest BCUT2D eigenvalue weighted by atomic mass is 16.4. The molecule has 2 N–H and O–H groups in total. The van der Waals surface area contributed by atoms with Gasteiger partial charge in [-0.2, -0.15) is 5.10 Å². The maximum absolute atomic E-state index is 10.6. The summed E-state index contributed by atoms with van der Waals surface area (Å²) in [6.45, 7) is 1.60. The molecule has 2 rings (SSSR count). The number of carbonyl (C=O) groups is 1. The molecule has 1 heterocycles. The molecule has 0 atom stereocenters. The van der Waals surface area contributed by atoms with Gasteiger partial charge in [0.05, 0.1) is 11.2 Å². The lowest BCUT2D eigenvalue weighted by Crippen LogP contribution is -2.09. The molecule has 1 aromatic heterocycles. The van der Waals surface area contributed by atoms with E-state index in [9.17, 15) is 9.90 Å². The van der Waals surface area contributed by atoms with E-state index >= 15 is 0 Å². The van der Waals surface area contributed by atoms with Gasteiger partial charge in [0.2, 0.25) is 0 Å². The quantitative estimate of drug-likeness (QED) is 0.772. The van der Waals surface area contributed by atoms with E-state index in [1.54, 1.807) is 19.1 Å². The number of carboxylic acid groups (broad SMARTS) is 1. The molecule has 2 aromatic rings. The molecule has 0 bridgehead atoms. The summed E-state index contributed by atoms with van der Waals surface area (Å²) in [5, 5.41) is 22.9. The zero-order valence-electron chi connectivity index (χ0n) is 8.14. The van der Waals surface area contributed by atoms with Crippen LogP contribution in [-0.2, 0) is 11.3 Å². The number of carboxylic acids is 1. The van der Waals surface area contributed by atoms with Gasteiger partial charge >= 0.3 is 5.97 Å². The van der Waals surface area contributed by atoms with Gasteiger partial charge in [0.25, 0.3) is 0 Å². The van der Waals surface area contributed by atoms with E-state index in [0.29, 0.717) is 5.52 Å². The van der Waals surface area contributed by atoms with Gasteiger partial charge in [-0.3, -0.25) is 9.48 Å². The zero-order chi connectivity index (χ0) is 11.0. The van der Waals surface area contributed by atoms with Crippen molar-refractivity contribution in [3.8, 4) is 5.75 Å². The standard InChI is InChI=1S/C10H10N2O3/c1-6-8-3-2-7(13)4-9(8)12(11-6)5-10(14)15/h2-4,13H,5H2,1H3,(H,14,15). The second-order valence-corrected chi connectivity index (χ2v) is 3.34. The lowest BCUT2D eigenvalue weighted by Gasteiger charge is -1.98. The third-order valence-corrected chi connectivity index (χ3v) is 2.20. The summed E-state index contributed by atoms with van der Waals surface area (Å²) in [4.78, 5) is 10.6. The van der Waals surface area contributed by atoms with Crippen molar-refractivity contribution in [2.45, 2.75) is 13.5 Å². The average Bonchev–Trinajstić information content (AvgIpc) is 2.42. The Hall–Kier alpha value is -2.04. The molecule has 78 valence electrons. The van der Waals surface area contributed by atoms with E-state index in [1.807, 2.05) is 0 Å². The van der Waals surface area contributed by atoms with Crippen LogP contribution in [0.2, 0.25) is 0 Å². The molecule has 0 unspecified atom stereocenters. The van der Waals surface area contributed by atoms with E-state index in [2.05, 4.69) is 5.10 Å². The normalized spacial score (nSPS) is 10.7. The SMILES string of the molecule is Cc1nn(CC(=O)O)c2cc(O)ccc12. The minimum absolute atomic E-state index is 0.106. The molecule has 0 aliphatic heterocycles. The molecule has 15 heavy (non-hydrogen) atoms. The molecule has 0 amide bonds. The largest absolute Gasteiger partial charge is 0.508 e. The van der Waals surface area contributed by atoms with Crippen LogP contribution < -0.4 is 0 Å². The first-order valence-corrected chi connectivity index (χ1v) is 4.46. The topological polar surface area (TPSA) is 75.4 Å². The number of benzene rings is 1. The van der Waals surface area contributed by atoms with Crippen LogP contribution in [0.3, 0.4) is 0 Å². The van der Waals surface area contributed by atoms with Crippen LogP contribution in [0.4, 0.5) is 0 Å². The van der Waals surface area contributed by atoms with Crippen LogP contribution >= 0.6 is 0 Å². The van der Waals surface area contributed by atoms with Crippen LogP contribution in [0.1, 0.15) is 5.69 Å². The van der Waals surface area contributed by atoms with E-state index in [0.717, 1.165) is 11.1 Å². The van der Waals surface area contributed by atoms with Crippen molar-refractivity contribution in [1.82, 2.24) is 9.78 Å². The number of aryl methyl sites for hydroxylation is 1.